The molecule has 0 aromatic carbocycles. The van der Waals surface area contributed by atoms with Crippen molar-refractivity contribution in [2.45, 2.75) is 57.2 Å². The van der Waals surface area contributed by atoms with Gasteiger partial charge in [0.2, 0.25) is 0 Å². The molecule has 0 saturated carbocycles. The van der Waals surface area contributed by atoms with Gasteiger partial charge in [-0.15, -0.1) is 0 Å². The van der Waals surface area contributed by atoms with Crippen molar-refractivity contribution in [3.63, 3.8) is 0 Å². The topological polar surface area (TPSA) is 33.1 Å². The van der Waals surface area contributed by atoms with Crippen LogP contribution >= 0.6 is 0 Å². The van der Waals surface area contributed by atoms with Gasteiger partial charge in [-0.05, 0) is 38.6 Å². The number of anilines is 1. The highest BCUT2D eigenvalue weighted by atomic mass is 15.4. The van der Waals surface area contributed by atoms with Crippen molar-refractivity contribution < 1.29 is 0 Å². The lowest BCUT2D eigenvalue weighted by Crippen LogP contribution is -2.56. The molecule has 1 aromatic heterocycles. The zero-order valence-electron chi connectivity index (χ0n) is 11.5. The molecule has 2 aliphatic rings. The third-order valence-electron chi connectivity index (χ3n) is 4.43. The van der Waals surface area contributed by atoms with E-state index >= 15 is 0 Å². The SMILES string of the molecule is CCNC1CC2CCCC(C1)N2c1ccn(C)n1. The minimum Gasteiger partial charge on any atom is -0.349 e. The molecule has 2 saturated heterocycles. The first-order chi connectivity index (χ1) is 8.78. The van der Waals surface area contributed by atoms with Crippen molar-refractivity contribution in [1.82, 2.24) is 15.1 Å². The van der Waals surface area contributed by atoms with Crippen molar-refractivity contribution in [2.24, 2.45) is 7.05 Å². The molecule has 0 aliphatic carbocycles. The Bertz CT molecular complexity index is 386. The van der Waals surface area contributed by atoms with E-state index in [9.17, 15) is 0 Å². The number of hydrogen-bond acceptors (Lipinski definition) is 3. The van der Waals surface area contributed by atoms with Crippen LogP contribution in [-0.4, -0.2) is 34.5 Å². The summed E-state index contributed by atoms with van der Waals surface area (Å²) >= 11 is 0. The molecule has 100 valence electrons. The molecule has 2 aliphatic heterocycles. The van der Waals surface area contributed by atoms with Crippen LogP contribution in [0.1, 0.15) is 39.0 Å². The maximum atomic E-state index is 4.61. The molecule has 2 fully saturated rings. The number of piperidine rings is 2. The number of aryl methyl sites for hydroxylation is 1. The number of hydrogen-bond donors (Lipinski definition) is 1. The van der Waals surface area contributed by atoms with Crippen LogP contribution in [0.25, 0.3) is 0 Å². The van der Waals surface area contributed by atoms with Gasteiger partial charge < -0.3 is 10.2 Å². The second-order valence-electron chi connectivity index (χ2n) is 5.72. The molecular formula is C14H24N4. The van der Waals surface area contributed by atoms with Crippen molar-refractivity contribution in [3.8, 4) is 0 Å². The van der Waals surface area contributed by atoms with E-state index in [-0.39, 0.29) is 0 Å². The second-order valence-corrected chi connectivity index (χ2v) is 5.72. The van der Waals surface area contributed by atoms with Gasteiger partial charge in [0.05, 0.1) is 0 Å². The van der Waals surface area contributed by atoms with Gasteiger partial charge in [0.25, 0.3) is 0 Å². The number of nitrogens with one attached hydrogen (secondary N) is 1. The highest BCUT2D eigenvalue weighted by molar-refractivity contribution is 5.42. The minimum atomic E-state index is 0.691. The molecule has 0 amide bonds. The van der Waals surface area contributed by atoms with E-state index < -0.39 is 0 Å². The van der Waals surface area contributed by atoms with Crippen molar-refractivity contribution in [3.05, 3.63) is 12.3 Å². The normalized spacial score (nSPS) is 31.7. The van der Waals surface area contributed by atoms with E-state index in [2.05, 4.69) is 34.5 Å². The maximum Gasteiger partial charge on any atom is 0.151 e. The molecule has 2 bridgehead atoms. The zero-order chi connectivity index (χ0) is 12.5. The van der Waals surface area contributed by atoms with Crippen molar-refractivity contribution in [1.29, 1.82) is 0 Å². The van der Waals surface area contributed by atoms with Crippen LogP contribution in [-0.2, 0) is 7.05 Å². The summed E-state index contributed by atoms with van der Waals surface area (Å²) in [6.07, 6.45) is 8.66. The van der Waals surface area contributed by atoms with Crippen LogP contribution in [0, 0.1) is 0 Å². The minimum absolute atomic E-state index is 0.691. The summed E-state index contributed by atoms with van der Waals surface area (Å²) in [6.45, 7) is 3.30. The first-order valence-corrected chi connectivity index (χ1v) is 7.29. The molecule has 0 spiro atoms. The number of rotatable bonds is 3. The lowest BCUT2D eigenvalue weighted by atomic mass is 9.81. The Hall–Kier alpha value is -1.03. The van der Waals surface area contributed by atoms with Crippen LogP contribution in [0.3, 0.4) is 0 Å². The quantitative estimate of drug-likeness (QED) is 0.887. The molecule has 0 radical (unpaired) electrons. The van der Waals surface area contributed by atoms with Crippen LogP contribution in [0.4, 0.5) is 5.82 Å². The molecule has 1 N–H and O–H groups in total. The summed E-state index contributed by atoms with van der Waals surface area (Å²) in [4.78, 5) is 2.59. The summed E-state index contributed by atoms with van der Waals surface area (Å²) < 4.78 is 1.92. The fourth-order valence-electron chi connectivity index (χ4n) is 3.75. The Morgan fingerprint density at radius 1 is 1.33 bits per heavy atom. The maximum absolute atomic E-state index is 4.61. The highest BCUT2D eigenvalue weighted by Gasteiger charge is 2.38. The van der Waals surface area contributed by atoms with E-state index in [1.54, 1.807) is 0 Å². The Labute approximate surface area is 109 Å². The highest BCUT2D eigenvalue weighted by Crippen LogP contribution is 2.36. The molecule has 4 heteroatoms. The van der Waals surface area contributed by atoms with E-state index in [1.807, 2.05) is 11.7 Å². The smallest absolute Gasteiger partial charge is 0.151 e. The van der Waals surface area contributed by atoms with Crippen LogP contribution < -0.4 is 10.2 Å². The summed E-state index contributed by atoms with van der Waals surface area (Å²) in [6, 6.07) is 4.26. The standard InChI is InChI=1S/C14H24N4/c1-3-15-11-9-12-5-4-6-13(10-11)18(12)14-7-8-17(2)16-14/h7-8,11-13,15H,3-6,9-10H2,1-2H3. The van der Waals surface area contributed by atoms with Gasteiger partial charge >= 0.3 is 0 Å². The predicted octanol–water partition coefficient (Wildman–Crippen LogP) is 1.92. The third kappa shape index (κ3) is 2.14. The Balaban J connectivity index is 1.79. The molecule has 18 heavy (non-hydrogen) atoms. The van der Waals surface area contributed by atoms with E-state index in [4.69, 9.17) is 0 Å². The fraction of sp³-hybridized carbons (Fsp3) is 0.786. The van der Waals surface area contributed by atoms with Crippen LogP contribution in [0.2, 0.25) is 0 Å². The van der Waals surface area contributed by atoms with Gasteiger partial charge in [-0.2, -0.15) is 5.10 Å². The average molecular weight is 248 g/mol. The van der Waals surface area contributed by atoms with Gasteiger partial charge in [-0.25, -0.2) is 0 Å². The summed E-state index contributed by atoms with van der Waals surface area (Å²) in [7, 11) is 2.00. The first kappa shape index (κ1) is 12.0. The lowest BCUT2D eigenvalue weighted by Gasteiger charge is -2.49. The van der Waals surface area contributed by atoms with Gasteiger partial charge in [-0.1, -0.05) is 6.92 Å². The van der Waals surface area contributed by atoms with Crippen LogP contribution in [0.5, 0.6) is 0 Å². The Morgan fingerprint density at radius 2 is 2.06 bits per heavy atom. The fourth-order valence-corrected chi connectivity index (χ4v) is 3.75. The van der Waals surface area contributed by atoms with E-state index in [0.29, 0.717) is 18.1 Å². The third-order valence-corrected chi connectivity index (χ3v) is 4.43. The molecule has 3 heterocycles. The van der Waals surface area contributed by atoms with Crippen molar-refractivity contribution in [2.75, 3.05) is 11.4 Å². The second kappa shape index (κ2) is 4.92. The first-order valence-electron chi connectivity index (χ1n) is 7.29. The monoisotopic (exact) mass is 248 g/mol. The largest absolute Gasteiger partial charge is 0.349 e. The van der Waals surface area contributed by atoms with Gasteiger partial charge in [-0.3, -0.25) is 4.68 Å². The van der Waals surface area contributed by atoms with Gasteiger partial charge in [0, 0.05) is 37.4 Å². The van der Waals surface area contributed by atoms with E-state index in [0.717, 1.165) is 6.54 Å². The number of fused-ring (bicyclic) bond motifs is 2. The summed E-state index contributed by atoms with van der Waals surface area (Å²) in [5, 5.41) is 8.25. The molecule has 3 rings (SSSR count). The number of nitrogens with zero attached hydrogens (tertiary/aromatic N) is 3. The molecule has 2 atom stereocenters. The summed E-state index contributed by atoms with van der Waals surface area (Å²) in [5.41, 5.74) is 0. The Morgan fingerprint density at radius 3 is 2.61 bits per heavy atom. The molecule has 2 unspecified atom stereocenters. The predicted molar refractivity (Wildman–Crippen MR) is 73.8 cm³/mol. The van der Waals surface area contributed by atoms with E-state index in [1.165, 1.54) is 37.9 Å². The lowest BCUT2D eigenvalue weighted by molar-refractivity contribution is 0.246. The average Bonchev–Trinajstić information content (AvgIpc) is 2.75. The molecule has 4 nitrogen and oxygen atoms in total. The Kier molecular flexibility index (Phi) is 3.29. The zero-order valence-corrected chi connectivity index (χ0v) is 11.5. The van der Waals surface area contributed by atoms with Crippen LogP contribution in [0.15, 0.2) is 12.3 Å². The molecule has 1 aromatic rings. The van der Waals surface area contributed by atoms with Gasteiger partial charge in [0.15, 0.2) is 5.82 Å². The summed E-state index contributed by atoms with van der Waals surface area (Å²) in [5.74, 6) is 1.18. The van der Waals surface area contributed by atoms with Gasteiger partial charge in [0.1, 0.15) is 0 Å². The van der Waals surface area contributed by atoms with Crippen molar-refractivity contribution >= 4 is 5.82 Å². The molecular weight excluding hydrogens is 224 g/mol. The number of aromatic nitrogens is 2.